The zero-order chi connectivity index (χ0) is 10.0. The quantitative estimate of drug-likeness (QED) is 0.505. The topological polar surface area (TPSA) is 0 Å². The summed E-state index contributed by atoms with van der Waals surface area (Å²) in [6.45, 7) is 2.28. The van der Waals surface area contributed by atoms with Crippen LogP contribution in [-0.4, -0.2) is 4.75 Å². The van der Waals surface area contributed by atoms with Crippen LogP contribution in [-0.2, 0) is 0 Å². The van der Waals surface area contributed by atoms with Crippen LogP contribution >= 0.6 is 12.6 Å². The lowest BCUT2D eigenvalue weighted by Gasteiger charge is -2.50. The van der Waals surface area contributed by atoms with E-state index in [2.05, 4.69) is 6.92 Å². The van der Waals surface area contributed by atoms with Gasteiger partial charge in [-0.2, -0.15) is 12.6 Å². The first-order valence-electron chi connectivity index (χ1n) is 6.48. The van der Waals surface area contributed by atoms with Gasteiger partial charge in [0.1, 0.15) is 0 Å². The van der Waals surface area contributed by atoms with E-state index >= 15 is 0 Å². The number of hydrogen-bond acceptors (Lipinski definition) is 1. The molecule has 0 saturated heterocycles. The maximum atomic E-state index is 4.95. The minimum Gasteiger partial charge on any atom is -0.172 e. The third-order valence-corrected chi connectivity index (χ3v) is 5.17. The first kappa shape index (κ1) is 10.9. The van der Waals surface area contributed by atoms with Crippen molar-refractivity contribution >= 4 is 12.6 Å². The van der Waals surface area contributed by atoms with E-state index in [1.165, 1.54) is 57.8 Å². The Labute approximate surface area is 94.3 Å². The van der Waals surface area contributed by atoms with Gasteiger partial charge in [0, 0.05) is 4.75 Å². The Balaban J connectivity index is 1.69. The first-order chi connectivity index (χ1) is 6.76. The molecule has 2 rings (SSSR count). The summed E-state index contributed by atoms with van der Waals surface area (Å²) in [5.41, 5.74) is 0. The highest BCUT2D eigenvalue weighted by atomic mass is 32.1. The summed E-state index contributed by atoms with van der Waals surface area (Å²) in [6, 6.07) is 0. The molecule has 0 aromatic heterocycles. The van der Waals surface area contributed by atoms with Gasteiger partial charge in [-0.15, -0.1) is 0 Å². The van der Waals surface area contributed by atoms with Crippen molar-refractivity contribution in [1.29, 1.82) is 0 Å². The zero-order valence-electron chi connectivity index (χ0n) is 9.47. The molecule has 14 heavy (non-hydrogen) atoms. The molecule has 0 aliphatic heterocycles. The van der Waals surface area contributed by atoms with Crippen molar-refractivity contribution in [2.45, 2.75) is 69.5 Å². The van der Waals surface area contributed by atoms with Gasteiger partial charge in [0.15, 0.2) is 0 Å². The van der Waals surface area contributed by atoms with E-state index in [1.54, 1.807) is 0 Å². The Morgan fingerprint density at radius 3 is 2.79 bits per heavy atom. The summed E-state index contributed by atoms with van der Waals surface area (Å²) < 4.78 is 0.467. The standard InChI is InChI=1S/C13H24S/c1-2-3-4-5-9-13(14)10-11-7-6-8-12(11)13/h11-12,14H,2-10H2,1H3. The molecule has 82 valence electrons. The van der Waals surface area contributed by atoms with Crippen molar-refractivity contribution in [2.75, 3.05) is 0 Å². The minimum atomic E-state index is 0.467. The van der Waals surface area contributed by atoms with Crippen LogP contribution in [0.3, 0.4) is 0 Å². The van der Waals surface area contributed by atoms with Crippen LogP contribution in [0.25, 0.3) is 0 Å². The average Bonchev–Trinajstić information content (AvgIpc) is 2.55. The highest BCUT2D eigenvalue weighted by molar-refractivity contribution is 7.81. The summed E-state index contributed by atoms with van der Waals surface area (Å²) in [6.07, 6.45) is 12.9. The smallest absolute Gasteiger partial charge is 0.0163 e. The SMILES string of the molecule is CCCCCCC1(S)CC2CCCC21. The predicted octanol–water partition coefficient (Wildman–Crippen LogP) is 4.45. The van der Waals surface area contributed by atoms with Crippen molar-refractivity contribution in [1.82, 2.24) is 0 Å². The molecule has 0 aromatic carbocycles. The molecule has 2 aliphatic rings. The van der Waals surface area contributed by atoms with E-state index < -0.39 is 0 Å². The fraction of sp³-hybridized carbons (Fsp3) is 1.00. The van der Waals surface area contributed by atoms with Crippen molar-refractivity contribution in [2.24, 2.45) is 11.8 Å². The van der Waals surface area contributed by atoms with Crippen LogP contribution in [0.5, 0.6) is 0 Å². The summed E-state index contributed by atoms with van der Waals surface area (Å²) in [7, 11) is 0. The van der Waals surface area contributed by atoms with Crippen LogP contribution in [0, 0.1) is 11.8 Å². The second-order valence-electron chi connectivity index (χ2n) is 5.42. The third kappa shape index (κ3) is 1.98. The highest BCUT2D eigenvalue weighted by Crippen LogP contribution is 2.58. The maximum Gasteiger partial charge on any atom is 0.0163 e. The molecule has 0 radical (unpaired) electrons. The molecule has 3 unspecified atom stereocenters. The van der Waals surface area contributed by atoms with Gasteiger partial charge in [-0.25, -0.2) is 0 Å². The zero-order valence-corrected chi connectivity index (χ0v) is 10.4. The lowest BCUT2D eigenvalue weighted by Crippen LogP contribution is -2.47. The summed E-state index contributed by atoms with van der Waals surface area (Å²) in [5.74, 6) is 2.06. The van der Waals surface area contributed by atoms with E-state index in [1.807, 2.05) is 0 Å². The molecule has 0 amide bonds. The molecule has 0 heterocycles. The monoisotopic (exact) mass is 212 g/mol. The second-order valence-corrected chi connectivity index (χ2v) is 6.31. The highest BCUT2D eigenvalue weighted by Gasteiger charge is 2.52. The lowest BCUT2D eigenvalue weighted by atomic mass is 9.64. The van der Waals surface area contributed by atoms with Gasteiger partial charge in [0.05, 0.1) is 0 Å². The maximum absolute atomic E-state index is 4.95. The summed E-state index contributed by atoms with van der Waals surface area (Å²) in [5, 5.41) is 0. The van der Waals surface area contributed by atoms with E-state index in [4.69, 9.17) is 12.6 Å². The van der Waals surface area contributed by atoms with E-state index in [0.717, 1.165) is 11.8 Å². The van der Waals surface area contributed by atoms with Crippen LogP contribution in [0.15, 0.2) is 0 Å². The molecule has 0 nitrogen and oxygen atoms in total. The van der Waals surface area contributed by atoms with Crippen molar-refractivity contribution < 1.29 is 0 Å². The van der Waals surface area contributed by atoms with Gasteiger partial charge in [0.2, 0.25) is 0 Å². The summed E-state index contributed by atoms with van der Waals surface area (Å²) >= 11 is 4.95. The van der Waals surface area contributed by atoms with Gasteiger partial charge in [-0.05, 0) is 31.1 Å². The van der Waals surface area contributed by atoms with Gasteiger partial charge in [0.25, 0.3) is 0 Å². The molecule has 0 N–H and O–H groups in total. The van der Waals surface area contributed by atoms with Gasteiger partial charge < -0.3 is 0 Å². The van der Waals surface area contributed by atoms with Crippen LogP contribution in [0.4, 0.5) is 0 Å². The number of unbranched alkanes of at least 4 members (excludes halogenated alkanes) is 3. The van der Waals surface area contributed by atoms with Crippen LogP contribution < -0.4 is 0 Å². The molecular formula is C13H24S. The molecule has 0 aromatic rings. The summed E-state index contributed by atoms with van der Waals surface area (Å²) in [4.78, 5) is 0. The Bertz CT molecular complexity index is 190. The van der Waals surface area contributed by atoms with Gasteiger partial charge >= 0.3 is 0 Å². The molecule has 2 aliphatic carbocycles. The molecular weight excluding hydrogens is 188 g/mol. The Hall–Kier alpha value is 0.350. The fourth-order valence-corrected chi connectivity index (χ4v) is 4.31. The van der Waals surface area contributed by atoms with Crippen LogP contribution in [0.1, 0.15) is 64.7 Å². The van der Waals surface area contributed by atoms with Crippen molar-refractivity contribution in [3.05, 3.63) is 0 Å². The van der Waals surface area contributed by atoms with Gasteiger partial charge in [-0.3, -0.25) is 0 Å². The normalized spacial score (nSPS) is 40.7. The predicted molar refractivity (Wildman–Crippen MR) is 65.9 cm³/mol. The number of rotatable bonds is 5. The Kier molecular flexibility index (Phi) is 3.46. The third-order valence-electron chi connectivity index (χ3n) is 4.43. The average molecular weight is 212 g/mol. The van der Waals surface area contributed by atoms with Crippen LogP contribution in [0.2, 0.25) is 0 Å². The molecule has 0 bridgehead atoms. The van der Waals surface area contributed by atoms with Gasteiger partial charge in [-0.1, -0.05) is 45.4 Å². The number of hydrogen-bond donors (Lipinski definition) is 1. The fourth-order valence-electron chi connectivity index (χ4n) is 3.58. The molecule has 3 atom stereocenters. The minimum absolute atomic E-state index is 0.467. The molecule has 2 fully saturated rings. The largest absolute Gasteiger partial charge is 0.172 e. The van der Waals surface area contributed by atoms with Crippen molar-refractivity contribution in [3.8, 4) is 0 Å². The first-order valence-corrected chi connectivity index (χ1v) is 6.93. The Morgan fingerprint density at radius 1 is 1.21 bits per heavy atom. The lowest BCUT2D eigenvalue weighted by molar-refractivity contribution is 0.129. The number of fused-ring (bicyclic) bond motifs is 1. The van der Waals surface area contributed by atoms with Crippen molar-refractivity contribution in [3.63, 3.8) is 0 Å². The number of thiol groups is 1. The van der Waals surface area contributed by atoms with E-state index in [-0.39, 0.29) is 0 Å². The molecule has 1 heteroatoms. The van der Waals surface area contributed by atoms with E-state index in [9.17, 15) is 0 Å². The van der Waals surface area contributed by atoms with E-state index in [0.29, 0.717) is 4.75 Å². The second kappa shape index (κ2) is 4.47. The Morgan fingerprint density at radius 2 is 2.07 bits per heavy atom. The molecule has 0 spiro atoms. The molecule has 2 saturated carbocycles.